The quantitative estimate of drug-likeness (QED) is 0.539. The average molecular weight is 185 g/mol. The van der Waals surface area contributed by atoms with Gasteiger partial charge in [-0.3, -0.25) is 9.59 Å². The van der Waals surface area contributed by atoms with E-state index in [2.05, 4.69) is 0 Å². The Hall–Kier alpha value is -1.10. The minimum absolute atomic E-state index is 0.0244. The zero-order valence-corrected chi connectivity index (χ0v) is 6.93. The monoisotopic (exact) mass is 185 g/mol. The van der Waals surface area contributed by atoms with Gasteiger partial charge in [0.15, 0.2) is 0 Å². The van der Waals surface area contributed by atoms with Crippen LogP contribution in [0.3, 0.4) is 0 Å². The van der Waals surface area contributed by atoms with E-state index in [1.807, 2.05) is 0 Å². The molecule has 13 heavy (non-hydrogen) atoms. The topological polar surface area (TPSA) is 101 Å². The van der Waals surface area contributed by atoms with Crippen molar-refractivity contribution in [2.24, 2.45) is 23.5 Å². The fraction of sp³-hybridized carbons (Fsp3) is 0.750. The zero-order chi connectivity index (χ0) is 9.80. The number of hydrogen-bond acceptors (Lipinski definition) is 3. The standard InChI is InChI=1S/C8H11NO4/c9-8(7(12)13)2-3-1-4(8)5(3)6(10)11/h3-5H,1-2,9H2,(H,10,11)(H,12,13)/t3-,4-,5-,8+/m1/s1. The first-order valence-electron chi connectivity index (χ1n) is 4.22. The molecule has 5 nitrogen and oxygen atoms in total. The van der Waals surface area contributed by atoms with Crippen LogP contribution < -0.4 is 5.73 Å². The molecule has 72 valence electrons. The maximum Gasteiger partial charge on any atom is 0.324 e. The molecule has 0 amide bonds. The van der Waals surface area contributed by atoms with E-state index in [0.29, 0.717) is 12.8 Å². The van der Waals surface area contributed by atoms with E-state index in [-0.39, 0.29) is 11.8 Å². The molecule has 3 aliphatic carbocycles. The minimum atomic E-state index is -1.28. The lowest BCUT2D eigenvalue weighted by molar-refractivity contribution is -0.152. The number of hydrogen-bond donors (Lipinski definition) is 3. The molecule has 4 atom stereocenters. The van der Waals surface area contributed by atoms with Gasteiger partial charge in [-0.25, -0.2) is 0 Å². The summed E-state index contributed by atoms with van der Waals surface area (Å²) in [5.74, 6) is -2.89. The summed E-state index contributed by atoms with van der Waals surface area (Å²) in [7, 11) is 0. The van der Waals surface area contributed by atoms with Crippen LogP contribution in [-0.4, -0.2) is 27.7 Å². The molecule has 0 aromatic rings. The molecule has 4 N–H and O–H groups in total. The van der Waals surface area contributed by atoms with Crippen LogP contribution in [-0.2, 0) is 9.59 Å². The van der Waals surface area contributed by atoms with Crippen molar-refractivity contribution in [1.29, 1.82) is 0 Å². The fourth-order valence-corrected chi connectivity index (χ4v) is 2.70. The summed E-state index contributed by atoms with van der Waals surface area (Å²) in [6.07, 6.45) is 0.962. The summed E-state index contributed by atoms with van der Waals surface area (Å²) in [6, 6.07) is 0. The second kappa shape index (κ2) is 2.23. The number of fused-ring (bicyclic) bond motifs is 1. The van der Waals surface area contributed by atoms with Crippen LogP contribution in [0, 0.1) is 17.8 Å². The highest BCUT2D eigenvalue weighted by Gasteiger charge is 2.66. The molecule has 2 bridgehead atoms. The molecule has 0 radical (unpaired) electrons. The van der Waals surface area contributed by atoms with Gasteiger partial charge >= 0.3 is 11.9 Å². The average Bonchev–Trinajstić information content (AvgIpc) is 2.38. The van der Waals surface area contributed by atoms with Crippen molar-refractivity contribution in [3.63, 3.8) is 0 Å². The number of carboxylic acids is 2. The van der Waals surface area contributed by atoms with Gasteiger partial charge in [-0.15, -0.1) is 0 Å². The summed E-state index contributed by atoms with van der Waals surface area (Å²) in [5, 5.41) is 17.6. The van der Waals surface area contributed by atoms with Crippen LogP contribution in [0.25, 0.3) is 0 Å². The predicted molar refractivity (Wildman–Crippen MR) is 41.9 cm³/mol. The molecular formula is C8H11NO4. The number of aliphatic carboxylic acids is 2. The highest BCUT2D eigenvalue weighted by molar-refractivity contribution is 5.84. The molecule has 0 heterocycles. The zero-order valence-electron chi connectivity index (χ0n) is 6.93. The first-order valence-corrected chi connectivity index (χ1v) is 4.22. The van der Waals surface area contributed by atoms with Gasteiger partial charge in [0.25, 0.3) is 0 Å². The minimum Gasteiger partial charge on any atom is -0.481 e. The third kappa shape index (κ3) is 0.848. The maximum atomic E-state index is 10.8. The molecular weight excluding hydrogens is 174 g/mol. The maximum absolute atomic E-state index is 10.8. The Morgan fingerprint density at radius 1 is 1.38 bits per heavy atom. The second-order valence-corrected chi connectivity index (χ2v) is 4.02. The first-order chi connectivity index (χ1) is 5.97. The Morgan fingerprint density at radius 3 is 2.31 bits per heavy atom. The van der Waals surface area contributed by atoms with Gasteiger partial charge in [0.2, 0.25) is 0 Å². The lowest BCUT2D eigenvalue weighted by Gasteiger charge is -2.35. The van der Waals surface area contributed by atoms with E-state index < -0.39 is 23.4 Å². The van der Waals surface area contributed by atoms with Crippen molar-refractivity contribution in [2.75, 3.05) is 0 Å². The van der Waals surface area contributed by atoms with Gasteiger partial charge in [-0.05, 0) is 18.8 Å². The first kappa shape index (κ1) is 8.50. The highest BCUT2D eigenvalue weighted by Crippen LogP contribution is 2.58. The molecule has 0 aromatic heterocycles. The Labute approximate surface area is 74.5 Å². The Morgan fingerprint density at radius 2 is 2.00 bits per heavy atom. The van der Waals surface area contributed by atoms with E-state index in [0.717, 1.165) is 0 Å². The molecule has 0 aliphatic heterocycles. The lowest BCUT2D eigenvalue weighted by atomic mass is 9.69. The molecule has 0 saturated heterocycles. The number of rotatable bonds is 2. The van der Waals surface area contributed by atoms with Gasteiger partial charge in [0.05, 0.1) is 5.92 Å². The Balaban J connectivity index is 2.24. The van der Waals surface area contributed by atoms with Crippen molar-refractivity contribution >= 4 is 11.9 Å². The van der Waals surface area contributed by atoms with Crippen LogP contribution in [0.4, 0.5) is 0 Å². The SMILES string of the molecule is N[C@@]1(C(=O)O)C[C@H]2C[C@@H]1[C@@H]2C(=O)O. The summed E-state index contributed by atoms with van der Waals surface area (Å²) in [6.45, 7) is 0. The molecule has 3 rings (SSSR count). The Bertz CT molecular complexity index is 290. The van der Waals surface area contributed by atoms with Crippen molar-refractivity contribution < 1.29 is 19.8 Å². The number of carbonyl (C=O) groups is 2. The van der Waals surface area contributed by atoms with Crippen molar-refractivity contribution in [1.82, 2.24) is 0 Å². The van der Waals surface area contributed by atoms with Crippen molar-refractivity contribution in [3.05, 3.63) is 0 Å². The number of carboxylic acid groups (broad SMARTS) is 2. The van der Waals surface area contributed by atoms with E-state index >= 15 is 0 Å². The third-order valence-electron chi connectivity index (χ3n) is 3.44. The van der Waals surface area contributed by atoms with Crippen LogP contribution in [0.2, 0.25) is 0 Å². The smallest absolute Gasteiger partial charge is 0.324 e. The van der Waals surface area contributed by atoms with Crippen molar-refractivity contribution in [2.45, 2.75) is 18.4 Å². The number of nitrogens with two attached hydrogens (primary N) is 1. The highest BCUT2D eigenvalue weighted by atomic mass is 16.4. The van der Waals surface area contributed by atoms with E-state index in [1.165, 1.54) is 0 Å². The molecule has 3 aliphatic rings. The van der Waals surface area contributed by atoms with Crippen molar-refractivity contribution in [3.8, 4) is 0 Å². The second-order valence-electron chi connectivity index (χ2n) is 4.02. The third-order valence-corrected chi connectivity index (χ3v) is 3.44. The van der Waals surface area contributed by atoms with Gasteiger partial charge in [-0.1, -0.05) is 0 Å². The summed E-state index contributed by atoms with van der Waals surface area (Å²) >= 11 is 0. The van der Waals surface area contributed by atoms with Crippen LogP contribution >= 0.6 is 0 Å². The predicted octanol–water partition coefficient (Wildman–Crippen LogP) is -0.491. The summed E-state index contributed by atoms with van der Waals surface area (Å²) in [4.78, 5) is 21.5. The molecule has 0 spiro atoms. The van der Waals surface area contributed by atoms with Gasteiger partial charge in [0, 0.05) is 5.92 Å². The molecule has 5 heteroatoms. The van der Waals surface area contributed by atoms with Crippen LogP contribution in [0.15, 0.2) is 0 Å². The van der Waals surface area contributed by atoms with Crippen LogP contribution in [0.5, 0.6) is 0 Å². The van der Waals surface area contributed by atoms with E-state index in [9.17, 15) is 9.59 Å². The molecule has 3 fully saturated rings. The summed E-state index contributed by atoms with van der Waals surface area (Å²) in [5.41, 5.74) is 4.37. The van der Waals surface area contributed by atoms with E-state index in [1.54, 1.807) is 0 Å². The molecule has 0 unspecified atom stereocenters. The lowest BCUT2D eigenvalue weighted by Crippen LogP contribution is -2.53. The van der Waals surface area contributed by atoms with Gasteiger partial charge in [-0.2, -0.15) is 0 Å². The van der Waals surface area contributed by atoms with Crippen LogP contribution in [0.1, 0.15) is 12.8 Å². The Kier molecular flexibility index (Phi) is 1.46. The van der Waals surface area contributed by atoms with Gasteiger partial charge in [0.1, 0.15) is 5.54 Å². The summed E-state index contributed by atoms with van der Waals surface area (Å²) < 4.78 is 0. The normalized spacial score (nSPS) is 47.0. The largest absolute Gasteiger partial charge is 0.481 e. The van der Waals surface area contributed by atoms with E-state index in [4.69, 9.17) is 15.9 Å². The fourth-order valence-electron chi connectivity index (χ4n) is 2.70. The molecule has 3 saturated carbocycles. The van der Waals surface area contributed by atoms with Gasteiger partial charge < -0.3 is 15.9 Å². The molecule has 0 aromatic carbocycles.